The minimum absolute atomic E-state index is 0.0774. The number of piperazine rings is 1. The Balaban J connectivity index is 1.35. The van der Waals surface area contributed by atoms with Gasteiger partial charge in [0.25, 0.3) is 5.91 Å². The summed E-state index contributed by atoms with van der Waals surface area (Å²) in [5, 5.41) is 0.627. The highest BCUT2D eigenvalue weighted by atomic mass is 32.1. The van der Waals surface area contributed by atoms with E-state index >= 15 is 0 Å². The van der Waals surface area contributed by atoms with Crippen LogP contribution < -0.4 is 14.4 Å². The fourth-order valence-corrected chi connectivity index (χ4v) is 4.25. The molecule has 0 unspecified atom stereocenters. The van der Waals surface area contributed by atoms with E-state index in [0.29, 0.717) is 47.5 Å². The van der Waals surface area contributed by atoms with Crippen LogP contribution in [0.2, 0.25) is 0 Å². The number of amides is 1. The van der Waals surface area contributed by atoms with Gasteiger partial charge in [-0.25, -0.2) is 13.8 Å². The van der Waals surface area contributed by atoms with Crippen LogP contribution in [0.4, 0.5) is 13.9 Å². The highest BCUT2D eigenvalue weighted by molar-refractivity contribution is 7.22. The summed E-state index contributed by atoms with van der Waals surface area (Å²) in [6.07, 6.45) is 0. The Labute approximate surface area is 170 Å². The molecule has 0 radical (unpaired) electrons. The highest BCUT2D eigenvalue weighted by Gasteiger charge is 2.24. The van der Waals surface area contributed by atoms with Crippen LogP contribution in [-0.2, 0) is 4.79 Å². The predicted molar refractivity (Wildman–Crippen MR) is 107 cm³/mol. The molecule has 0 bridgehead atoms. The number of anilines is 1. The lowest BCUT2D eigenvalue weighted by atomic mass is 10.3. The quantitative estimate of drug-likeness (QED) is 0.635. The molecular weight excluding hydrogens is 400 g/mol. The maximum atomic E-state index is 13.9. The van der Waals surface area contributed by atoms with Crippen LogP contribution in [0.1, 0.15) is 0 Å². The van der Waals surface area contributed by atoms with E-state index in [1.54, 1.807) is 24.1 Å². The Morgan fingerprint density at radius 3 is 2.59 bits per heavy atom. The Hall–Kier alpha value is -2.94. The van der Waals surface area contributed by atoms with Gasteiger partial charge >= 0.3 is 0 Å². The van der Waals surface area contributed by atoms with Gasteiger partial charge in [0.05, 0.1) is 11.8 Å². The number of thiazole rings is 1. The second-order valence-corrected chi connectivity index (χ2v) is 7.55. The molecule has 0 atom stereocenters. The molecule has 0 aliphatic carbocycles. The molecule has 0 spiro atoms. The summed E-state index contributed by atoms with van der Waals surface area (Å²) in [6, 6.07) is 9.28. The molecule has 1 aromatic heterocycles. The third-order valence-electron chi connectivity index (χ3n) is 4.73. The van der Waals surface area contributed by atoms with Crippen molar-refractivity contribution in [2.75, 3.05) is 44.8 Å². The minimum Gasteiger partial charge on any atom is -0.493 e. The molecule has 9 heteroatoms. The zero-order valence-electron chi connectivity index (χ0n) is 15.7. The largest absolute Gasteiger partial charge is 0.493 e. The molecule has 1 saturated heterocycles. The number of ether oxygens (including phenoxy) is 2. The van der Waals surface area contributed by atoms with Crippen molar-refractivity contribution in [1.82, 2.24) is 9.88 Å². The molecule has 2 aromatic carbocycles. The van der Waals surface area contributed by atoms with Gasteiger partial charge in [0.2, 0.25) is 0 Å². The van der Waals surface area contributed by atoms with Crippen LogP contribution in [0, 0.1) is 11.6 Å². The van der Waals surface area contributed by atoms with Gasteiger partial charge in [-0.1, -0.05) is 23.5 Å². The first-order valence-electron chi connectivity index (χ1n) is 9.09. The Kier molecular flexibility index (Phi) is 5.48. The number of rotatable bonds is 5. The van der Waals surface area contributed by atoms with E-state index in [-0.39, 0.29) is 18.0 Å². The number of carbonyl (C=O) groups is 1. The number of nitrogens with zero attached hydrogens (tertiary/aromatic N) is 3. The standard InChI is InChI=1S/C20H19F2N3O3S/c1-27-15-4-2-3-5-16(15)28-12-18(26)24-6-8-25(9-7-24)20-23-19-14(22)10-13(21)11-17(19)29-20/h2-5,10-11H,6-9,12H2,1H3. The van der Waals surface area contributed by atoms with Crippen molar-refractivity contribution in [3.8, 4) is 11.5 Å². The summed E-state index contributed by atoms with van der Waals surface area (Å²) in [4.78, 5) is 20.5. The van der Waals surface area contributed by atoms with Crippen molar-refractivity contribution in [2.45, 2.75) is 0 Å². The van der Waals surface area contributed by atoms with E-state index in [1.165, 1.54) is 17.4 Å². The number of para-hydroxylation sites is 2. The second kappa shape index (κ2) is 8.20. The summed E-state index contributed by atoms with van der Waals surface area (Å²) >= 11 is 1.25. The normalized spacial score (nSPS) is 14.3. The highest BCUT2D eigenvalue weighted by Crippen LogP contribution is 2.31. The number of fused-ring (bicyclic) bond motifs is 1. The summed E-state index contributed by atoms with van der Waals surface area (Å²) < 4.78 is 38.6. The molecule has 29 heavy (non-hydrogen) atoms. The lowest BCUT2D eigenvalue weighted by molar-refractivity contribution is -0.133. The minimum atomic E-state index is -0.662. The van der Waals surface area contributed by atoms with Gasteiger partial charge in [-0.15, -0.1) is 0 Å². The molecule has 1 aliphatic rings. The molecule has 2 heterocycles. The lowest BCUT2D eigenvalue weighted by Gasteiger charge is -2.34. The number of methoxy groups -OCH3 is 1. The van der Waals surface area contributed by atoms with Crippen molar-refractivity contribution in [2.24, 2.45) is 0 Å². The van der Waals surface area contributed by atoms with Crippen LogP contribution in [0.5, 0.6) is 11.5 Å². The van der Waals surface area contributed by atoms with E-state index in [4.69, 9.17) is 9.47 Å². The molecule has 152 valence electrons. The molecule has 3 aromatic rings. The maximum Gasteiger partial charge on any atom is 0.260 e. The first-order chi connectivity index (χ1) is 14.0. The van der Waals surface area contributed by atoms with E-state index in [2.05, 4.69) is 4.98 Å². The molecule has 0 N–H and O–H groups in total. The predicted octanol–water partition coefficient (Wildman–Crippen LogP) is 3.31. The van der Waals surface area contributed by atoms with Crippen molar-refractivity contribution in [3.63, 3.8) is 0 Å². The maximum absolute atomic E-state index is 13.9. The Morgan fingerprint density at radius 1 is 1.14 bits per heavy atom. The number of aromatic nitrogens is 1. The van der Waals surface area contributed by atoms with Gasteiger partial charge < -0.3 is 19.3 Å². The molecule has 1 amide bonds. The van der Waals surface area contributed by atoms with Crippen molar-refractivity contribution in [3.05, 3.63) is 48.0 Å². The second-order valence-electron chi connectivity index (χ2n) is 6.54. The van der Waals surface area contributed by atoms with Crippen LogP contribution in [0.15, 0.2) is 36.4 Å². The first-order valence-corrected chi connectivity index (χ1v) is 9.91. The fourth-order valence-electron chi connectivity index (χ4n) is 3.20. The van der Waals surface area contributed by atoms with Gasteiger partial charge in [-0.05, 0) is 18.2 Å². The summed E-state index contributed by atoms with van der Waals surface area (Å²) in [7, 11) is 1.55. The van der Waals surface area contributed by atoms with Crippen molar-refractivity contribution >= 4 is 32.6 Å². The summed E-state index contributed by atoms with van der Waals surface area (Å²) in [5.41, 5.74) is 0.176. The smallest absolute Gasteiger partial charge is 0.260 e. The van der Waals surface area contributed by atoms with Gasteiger partial charge in [0.15, 0.2) is 29.1 Å². The van der Waals surface area contributed by atoms with Crippen LogP contribution in [-0.4, -0.2) is 55.7 Å². The van der Waals surface area contributed by atoms with Gasteiger partial charge in [0, 0.05) is 32.2 Å². The SMILES string of the molecule is COc1ccccc1OCC(=O)N1CCN(c2nc3c(F)cc(F)cc3s2)CC1. The Bertz CT molecular complexity index is 1030. The zero-order valence-corrected chi connectivity index (χ0v) is 16.5. The molecular formula is C20H19F2N3O3S. The van der Waals surface area contributed by atoms with E-state index < -0.39 is 11.6 Å². The van der Waals surface area contributed by atoms with Gasteiger partial charge in [-0.3, -0.25) is 4.79 Å². The van der Waals surface area contributed by atoms with Gasteiger partial charge in [-0.2, -0.15) is 0 Å². The monoisotopic (exact) mass is 419 g/mol. The number of hydrogen-bond acceptors (Lipinski definition) is 6. The van der Waals surface area contributed by atoms with E-state index in [1.807, 2.05) is 17.0 Å². The Morgan fingerprint density at radius 2 is 1.86 bits per heavy atom. The topological polar surface area (TPSA) is 54.9 Å². The molecule has 0 saturated carbocycles. The summed E-state index contributed by atoms with van der Waals surface area (Å²) in [5.74, 6) is -0.302. The van der Waals surface area contributed by atoms with E-state index in [0.717, 1.165) is 6.07 Å². The third-order valence-corrected chi connectivity index (χ3v) is 5.79. The van der Waals surface area contributed by atoms with Crippen LogP contribution in [0.3, 0.4) is 0 Å². The molecule has 1 fully saturated rings. The zero-order chi connectivity index (χ0) is 20.4. The van der Waals surface area contributed by atoms with Crippen molar-refractivity contribution < 1.29 is 23.0 Å². The number of halogens is 2. The summed E-state index contributed by atoms with van der Waals surface area (Å²) in [6.45, 7) is 2.04. The number of benzene rings is 2. The lowest BCUT2D eigenvalue weighted by Crippen LogP contribution is -2.50. The first kappa shape index (κ1) is 19.4. The van der Waals surface area contributed by atoms with Crippen molar-refractivity contribution in [1.29, 1.82) is 0 Å². The average molecular weight is 419 g/mol. The number of carbonyl (C=O) groups excluding carboxylic acids is 1. The van der Waals surface area contributed by atoms with Gasteiger partial charge in [0.1, 0.15) is 11.3 Å². The van der Waals surface area contributed by atoms with Crippen LogP contribution >= 0.6 is 11.3 Å². The average Bonchev–Trinajstić information content (AvgIpc) is 3.16. The number of hydrogen-bond donors (Lipinski definition) is 0. The third kappa shape index (κ3) is 4.09. The molecule has 4 rings (SSSR count). The molecule has 1 aliphatic heterocycles. The van der Waals surface area contributed by atoms with E-state index in [9.17, 15) is 13.6 Å². The fraction of sp³-hybridized carbons (Fsp3) is 0.300. The van der Waals surface area contributed by atoms with Crippen LogP contribution in [0.25, 0.3) is 10.2 Å². The molecule has 6 nitrogen and oxygen atoms in total.